The van der Waals surface area contributed by atoms with Gasteiger partial charge < -0.3 is 0 Å². The quantitative estimate of drug-likeness (QED) is 0.360. The van der Waals surface area contributed by atoms with Crippen LogP contribution in [0.3, 0.4) is 0 Å². The fourth-order valence-electron chi connectivity index (χ4n) is 3.58. The molecular weight excluding hydrogens is 430 g/mol. The Bertz CT molecular complexity index is 1550. The van der Waals surface area contributed by atoms with Gasteiger partial charge in [-0.05, 0) is 36.4 Å². The number of benzene rings is 2. The average molecular weight is 448 g/mol. The molecule has 0 saturated carbocycles. The minimum absolute atomic E-state index is 0.699. The summed E-state index contributed by atoms with van der Waals surface area (Å²) in [4.78, 5) is 4.81. The molecule has 0 aliphatic heterocycles. The molecule has 7 nitrogen and oxygen atoms in total. The van der Waals surface area contributed by atoms with Crippen molar-refractivity contribution < 1.29 is 0 Å². The average Bonchev–Trinajstić information content (AvgIpc) is 3.59. The number of nitrogens with zero attached hydrogens (tertiary/aromatic N) is 7. The van der Waals surface area contributed by atoms with E-state index < -0.39 is 0 Å². The van der Waals surface area contributed by atoms with Crippen molar-refractivity contribution in [3.8, 4) is 28.3 Å². The first-order valence-corrected chi connectivity index (χ1v) is 11.2. The number of pyridine rings is 1. The molecule has 33 heavy (non-hydrogen) atoms. The molecule has 0 aliphatic carbocycles. The van der Waals surface area contributed by atoms with Crippen LogP contribution in [0.25, 0.3) is 45.4 Å². The molecule has 0 spiro atoms. The Labute approximate surface area is 193 Å². The molecule has 6 rings (SSSR count). The Morgan fingerprint density at radius 2 is 1.48 bits per heavy atom. The van der Waals surface area contributed by atoms with Crippen LogP contribution in [-0.4, -0.2) is 34.6 Å². The molecule has 0 atom stereocenters. The summed E-state index contributed by atoms with van der Waals surface area (Å²) in [7, 11) is 0. The molecule has 0 amide bonds. The predicted octanol–water partition coefficient (Wildman–Crippen LogP) is 5.27. The van der Waals surface area contributed by atoms with Crippen LogP contribution in [0.2, 0.25) is 0 Å². The Kier molecular flexibility index (Phi) is 4.82. The number of hydrogen-bond donors (Lipinski definition) is 0. The van der Waals surface area contributed by atoms with E-state index in [-0.39, 0.29) is 0 Å². The molecule has 4 aromatic heterocycles. The molecule has 8 heteroatoms. The normalized spacial score (nSPS) is 11.5. The van der Waals surface area contributed by atoms with Gasteiger partial charge in [-0.15, -0.1) is 10.2 Å². The van der Waals surface area contributed by atoms with E-state index in [9.17, 15) is 0 Å². The van der Waals surface area contributed by atoms with E-state index in [2.05, 4.69) is 27.3 Å². The molecule has 0 N–H and O–H groups in total. The van der Waals surface area contributed by atoms with Crippen LogP contribution < -0.4 is 0 Å². The molecule has 0 saturated heterocycles. The van der Waals surface area contributed by atoms with Gasteiger partial charge in [-0.1, -0.05) is 59.9 Å². The van der Waals surface area contributed by atoms with Crippen LogP contribution in [0.1, 0.15) is 10.6 Å². The zero-order chi connectivity index (χ0) is 22.0. The van der Waals surface area contributed by atoms with Crippen molar-refractivity contribution >= 4 is 28.4 Å². The SMILES string of the molecule is C(=Cc1cn(-c2ccccc2)nc1-c1ccccc1)c1nn2c(-c3ccncc3)nnc2s1. The summed E-state index contributed by atoms with van der Waals surface area (Å²) in [5.41, 5.74) is 4.91. The van der Waals surface area contributed by atoms with Crippen LogP contribution in [0.4, 0.5) is 0 Å². The maximum atomic E-state index is 4.86. The number of aromatic nitrogens is 7. The number of hydrogen-bond acceptors (Lipinski definition) is 6. The molecule has 158 valence electrons. The Balaban J connectivity index is 1.39. The standard InChI is InChI=1S/C25H17N7S/c1-3-7-18(8-4-1)23-20(17-31(30-23)21-9-5-2-6-10-21)11-12-22-29-32-24(27-28-25(32)33-22)19-13-15-26-16-14-19/h1-17H. The van der Waals surface area contributed by atoms with Crippen molar-refractivity contribution in [1.82, 2.24) is 34.6 Å². The molecule has 0 aliphatic rings. The molecule has 0 bridgehead atoms. The lowest BCUT2D eigenvalue weighted by Crippen LogP contribution is -1.93. The van der Waals surface area contributed by atoms with Gasteiger partial charge in [-0.2, -0.15) is 14.7 Å². The third-order valence-corrected chi connectivity index (χ3v) is 6.03. The van der Waals surface area contributed by atoms with Crippen molar-refractivity contribution in [2.45, 2.75) is 0 Å². The van der Waals surface area contributed by atoms with Gasteiger partial charge in [0.15, 0.2) is 5.82 Å². The monoisotopic (exact) mass is 447 g/mol. The van der Waals surface area contributed by atoms with E-state index in [1.54, 1.807) is 16.9 Å². The second kappa shape index (κ2) is 8.25. The van der Waals surface area contributed by atoms with Crippen molar-refractivity contribution in [2.24, 2.45) is 0 Å². The second-order valence-electron chi connectivity index (χ2n) is 7.31. The van der Waals surface area contributed by atoms with Crippen LogP contribution >= 0.6 is 11.3 Å². The third kappa shape index (κ3) is 3.72. The smallest absolute Gasteiger partial charge is 0.235 e. The summed E-state index contributed by atoms with van der Waals surface area (Å²) in [5.74, 6) is 0.699. The van der Waals surface area contributed by atoms with Crippen molar-refractivity contribution in [2.75, 3.05) is 0 Å². The fourth-order valence-corrected chi connectivity index (χ4v) is 4.32. The first-order valence-electron chi connectivity index (χ1n) is 10.4. The molecule has 6 aromatic rings. The van der Waals surface area contributed by atoms with E-state index in [1.807, 2.05) is 83.7 Å². The van der Waals surface area contributed by atoms with Crippen LogP contribution in [0.5, 0.6) is 0 Å². The summed E-state index contributed by atoms with van der Waals surface area (Å²) in [6.45, 7) is 0. The summed E-state index contributed by atoms with van der Waals surface area (Å²) < 4.78 is 3.67. The van der Waals surface area contributed by atoms with Crippen molar-refractivity contribution in [3.63, 3.8) is 0 Å². The van der Waals surface area contributed by atoms with E-state index in [1.165, 1.54) is 11.3 Å². The largest absolute Gasteiger partial charge is 0.265 e. The fraction of sp³-hybridized carbons (Fsp3) is 0. The Hall–Kier alpha value is -4.43. The van der Waals surface area contributed by atoms with Gasteiger partial charge in [0.05, 0.1) is 11.4 Å². The van der Waals surface area contributed by atoms with Gasteiger partial charge in [0.25, 0.3) is 0 Å². The first-order chi connectivity index (χ1) is 16.3. The van der Waals surface area contributed by atoms with Gasteiger partial charge in [0, 0.05) is 35.3 Å². The van der Waals surface area contributed by atoms with Gasteiger partial charge >= 0.3 is 0 Å². The van der Waals surface area contributed by atoms with Crippen molar-refractivity contribution in [1.29, 1.82) is 0 Å². The lowest BCUT2D eigenvalue weighted by molar-refractivity contribution is 0.884. The molecule has 0 radical (unpaired) electrons. The molecule has 0 fully saturated rings. The first kappa shape index (κ1) is 19.3. The summed E-state index contributed by atoms with van der Waals surface area (Å²) in [6.07, 6.45) is 9.55. The van der Waals surface area contributed by atoms with Gasteiger partial charge in [-0.25, -0.2) is 4.68 Å². The second-order valence-corrected chi connectivity index (χ2v) is 8.29. The van der Waals surface area contributed by atoms with E-state index in [0.29, 0.717) is 5.82 Å². The number of rotatable bonds is 5. The molecule has 2 aromatic carbocycles. The third-order valence-electron chi connectivity index (χ3n) is 5.16. The Morgan fingerprint density at radius 1 is 0.727 bits per heavy atom. The Morgan fingerprint density at radius 3 is 2.27 bits per heavy atom. The van der Waals surface area contributed by atoms with E-state index >= 15 is 0 Å². The number of para-hydroxylation sites is 1. The lowest BCUT2D eigenvalue weighted by Gasteiger charge is -2.00. The van der Waals surface area contributed by atoms with Crippen LogP contribution in [0, 0.1) is 0 Å². The summed E-state index contributed by atoms with van der Waals surface area (Å²) in [6, 6.07) is 24.1. The van der Waals surface area contributed by atoms with E-state index in [4.69, 9.17) is 10.2 Å². The van der Waals surface area contributed by atoms with Gasteiger partial charge in [0.2, 0.25) is 4.96 Å². The summed E-state index contributed by atoms with van der Waals surface area (Å²) >= 11 is 1.49. The maximum absolute atomic E-state index is 4.86. The molecule has 0 unspecified atom stereocenters. The van der Waals surface area contributed by atoms with Crippen LogP contribution in [0.15, 0.2) is 91.4 Å². The van der Waals surface area contributed by atoms with E-state index in [0.717, 1.165) is 38.0 Å². The van der Waals surface area contributed by atoms with Gasteiger partial charge in [0.1, 0.15) is 5.01 Å². The highest BCUT2D eigenvalue weighted by molar-refractivity contribution is 7.17. The van der Waals surface area contributed by atoms with Gasteiger partial charge in [-0.3, -0.25) is 4.98 Å². The topological polar surface area (TPSA) is 73.8 Å². The highest BCUT2D eigenvalue weighted by Crippen LogP contribution is 2.27. The zero-order valence-electron chi connectivity index (χ0n) is 17.4. The summed E-state index contributed by atoms with van der Waals surface area (Å²) in [5, 5.41) is 19.0. The van der Waals surface area contributed by atoms with Crippen LogP contribution in [-0.2, 0) is 0 Å². The van der Waals surface area contributed by atoms with Crippen molar-refractivity contribution in [3.05, 3.63) is 102 Å². The zero-order valence-corrected chi connectivity index (χ0v) is 18.2. The predicted molar refractivity (Wildman–Crippen MR) is 130 cm³/mol. The number of fused-ring (bicyclic) bond motifs is 1. The maximum Gasteiger partial charge on any atom is 0.235 e. The lowest BCUT2D eigenvalue weighted by atomic mass is 10.1. The molecular formula is C25H17N7S. The highest BCUT2D eigenvalue weighted by Gasteiger charge is 2.13. The minimum Gasteiger partial charge on any atom is -0.265 e. The highest BCUT2D eigenvalue weighted by atomic mass is 32.1. The minimum atomic E-state index is 0.699. The molecule has 4 heterocycles.